The lowest BCUT2D eigenvalue weighted by atomic mass is 9.96. The lowest BCUT2D eigenvalue weighted by molar-refractivity contribution is -0.141. The molecule has 0 spiro atoms. The maximum absolute atomic E-state index is 11.7. The van der Waals surface area contributed by atoms with Gasteiger partial charge in [-0.05, 0) is 25.3 Å². The Bertz CT molecular complexity index is 476. The van der Waals surface area contributed by atoms with Crippen LogP contribution in [0.15, 0.2) is 12.3 Å². The monoisotopic (exact) mass is 292 g/mol. The van der Waals surface area contributed by atoms with Crippen LogP contribution in [0.4, 0.5) is 0 Å². The Kier molecular flexibility index (Phi) is 5.96. The Morgan fingerprint density at radius 3 is 2.71 bits per heavy atom. The highest BCUT2D eigenvalue weighted by molar-refractivity contribution is 5.82. The lowest BCUT2D eigenvalue weighted by Crippen LogP contribution is -2.13. The largest absolute Gasteiger partial charge is 0.469 e. The summed E-state index contributed by atoms with van der Waals surface area (Å²) in [5.74, 6) is -0.238. The molecule has 1 aliphatic rings. The minimum absolute atomic E-state index is 0.0904. The van der Waals surface area contributed by atoms with Gasteiger partial charge in [0.15, 0.2) is 0 Å². The minimum atomic E-state index is -0.329. The van der Waals surface area contributed by atoms with E-state index in [0.29, 0.717) is 18.9 Å². The van der Waals surface area contributed by atoms with Crippen LogP contribution in [-0.2, 0) is 20.7 Å². The summed E-state index contributed by atoms with van der Waals surface area (Å²) in [5, 5.41) is 4.59. The third-order valence-corrected chi connectivity index (χ3v) is 4.11. The van der Waals surface area contributed by atoms with Crippen molar-refractivity contribution < 1.29 is 14.3 Å². The molecular formula is C16H24N2O3. The van der Waals surface area contributed by atoms with Gasteiger partial charge in [0.1, 0.15) is 5.78 Å². The van der Waals surface area contributed by atoms with Gasteiger partial charge < -0.3 is 4.74 Å². The van der Waals surface area contributed by atoms with Crippen molar-refractivity contribution in [3.05, 3.63) is 18.0 Å². The van der Waals surface area contributed by atoms with Crippen molar-refractivity contribution in [3.63, 3.8) is 0 Å². The fourth-order valence-electron chi connectivity index (χ4n) is 2.80. The predicted molar refractivity (Wildman–Crippen MR) is 78.9 cm³/mol. The van der Waals surface area contributed by atoms with E-state index in [4.69, 9.17) is 0 Å². The van der Waals surface area contributed by atoms with E-state index in [2.05, 4.69) is 14.5 Å². The van der Waals surface area contributed by atoms with E-state index >= 15 is 0 Å². The number of aromatic nitrogens is 2. The number of carbonyl (C=O) groups excluding carboxylic acids is 2. The predicted octanol–water partition coefficient (Wildman–Crippen LogP) is 2.84. The quantitative estimate of drug-likeness (QED) is 0.725. The van der Waals surface area contributed by atoms with Crippen LogP contribution < -0.4 is 0 Å². The third-order valence-electron chi connectivity index (χ3n) is 4.11. The molecule has 1 aromatic heterocycles. The Labute approximate surface area is 125 Å². The number of hydrogen-bond donors (Lipinski definition) is 0. The summed E-state index contributed by atoms with van der Waals surface area (Å²) < 4.78 is 6.59. The molecule has 5 nitrogen and oxygen atoms in total. The number of methoxy groups -OCH3 is 1. The second kappa shape index (κ2) is 7.96. The molecular weight excluding hydrogens is 268 g/mol. The summed E-state index contributed by atoms with van der Waals surface area (Å²) in [6, 6.07) is 2.53. The Hall–Kier alpha value is -1.65. The van der Waals surface area contributed by atoms with Crippen LogP contribution in [0.1, 0.15) is 63.1 Å². The van der Waals surface area contributed by atoms with Gasteiger partial charge in [0.05, 0.1) is 25.3 Å². The molecule has 0 radical (unpaired) electrons. The smallest absolute Gasteiger partial charge is 0.305 e. The first kappa shape index (κ1) is 15.7. The molecule has 0 aromatic carbocycles. The Balaban J connectivity index is 1.74. The number of ether oxygens (including phenoxy) is 1. The molecule has 0 unspecified atom stereocenters. The van der Waals surface area contributed by atoms with Gasteiger partial charge >= 0.3 is 5.97 Å². The molecule has 1 aromatic rings. The van der Waals surface area contributed by atoms with Crippen LogP contribution >= 0.6 is 0 Å². The number of hydrogen-bond acceptors (Lipinski definition) is 4. The van der Waals surface area contributed by atoms with Gasteiger partial charge in [0.25, 0.3) is 0 Å². The highest BCUT2D eigenvalue weighted by atomic mass is 16.5. The van der Waals surface area contributed by atoms with Crippen LogP contribution in [0.3, 0.4) is 0 Å². The Morgan fingerprint density at radius 1 is 1.24 bits per heavy atom. The molecule has 0 bridgehead atoms. The molecule has 2 rings (SSSR count). The second-order valence-corrected chi connectivity index (χ2v) is 5.69. The number of rotatable bonds is 7. The zero-order chi connectivity index (χ0) is 15.1. The van der Waals surface area contributed by atoms with Gasteiger partial charge in [-0.3, -0.25) is 14.3 Å². The fraction of sp³-hybridized carbons (Fsp3) is 0.688. The first-order valence-electron chi connectivity index (χ1n) is 7.81. The topological polar surface area (TPSA) is 61.2 Å². The highest BCUT2D eigenvalue weighted by Gasteiger charge is 2.16. The van der Waals surface area contributed by atoms with Crippen molar-refractivity contribution in [2.75, 3.05) is 7.11 Å². The van der Waals surface area contributed by atoms with Gasteiger partial charge in [-0.2, -0.15) is 5.10 Å². The van der Waals surface area contributed by atoms with E-state index in [9.17, 15) is 9.59 Å². The average molecular weight is 292 g/mol. The average Bonchev–Trinajstić information content (AvgIpc) is 3.00. The van der Waals surface area contributed by atoms with Crippen molar-refractivity contribution in [3.8, 4) is 0 Å². The molecule has 1 fully saturated rings. The van der Waals surface area contributed by atoms with Gasteiger partial charge in [0.2, 0.25) is 0 Å². The molecule has 1 heterocycles. The maximum atomic E-state index is 11.7. The zero-order valence-corrected chi connectivity index (χ0v) is 12.7. The summed E-state index contributed by atoms with van der Waals surface area (Å²) in [5.41, 5.74) is 0.965. The SMILES string of the molecule is COC(=O)CCC(=O)CCc1ccn(C2CCCCC2)n1. The van der Waals surface area contributed by atoms with E-state index in [1.165, 1.54) is 39.2 Å². The van der Waals surface area contributed by atoms with Gasteiger partial charge in [-0.25, -0.2) is 0 Å². The Morgan fingerprint density at radius 2 is 2.00 bits per heavy atom. The maximum Gasteiger partial charge on any atom is 0.305 e. The number of nitrogens with zero attached hydrogens (tertiary/aromatic N) is 2. The van der Waals surface area contributed by atoms with Crippen molar-refractivity contribution in [1.29, 1.82) is 0 Å². The first-order valence-corrected chi connectivity index (χ1v) is 7.81. The van der Waals surface area contributed by atoms with Crippen LogP contribution in [0.25, 0.3) is 0 Å². The zero-order valence-electron chi connectivity index (χ0n) is 12.7. The van der Waals surface area contributed by atoms with Crippen molar-refractivity contribution in [1.82, 2.24) is 9.78 Å². The molecule has 116 valence electrons. The molecule has 1 aliphatic carbocycles. The number of aryl methyl sites for hydroxylation is 1. The minimum Gasteiger partial charge on any atom is -0.469 e. The van der Waals surface area contributed by atoms with Crippen LogP contribution in [0, 0.1) is 0 Å². The van der Waals surface area contributed by atoms with Crippen LogP contribution in [0.5, 0.6) is 0 Å². The third kappa shape index (κ3) is 4.99. The van der Waals surface area contributed by atoms with E-state index in [1.807, 2.05) is 12.3 Å². The first-order chi connectivity index (χ1) is 10.2. The highest BCUT2D eigenvalue weighted by Crippen LogP contribution is 2.27. The molecule has 0 saturated heterocycles. The van der Waals surface area contributed by atoms with E-state index in [0.717, 1.165) is 5.69 Å². The molecule has 0 atom stereocenters. The number of carbonyl (C=O) groups is 2. The lowest BCUT2D eigenvalue weighted by Gasteiger charge is -2.21. The summed E-state index contributed by atoms with van der Waals surface area (Å²) in [4.78, 5) is 22.7. The summed E-state index contributed by atoms with van der Waals surface area (Å²) in [6.45, 7) is 0. The summed E-state index contributed by atoms with van der Waals surface area (Å²) in [7, 11) is 1.34. The number of Topliss-reactive ketones (excluding diaryl/α,β-unsaturated/α-hetero) is 1. The molecule has 5 heteroatoms. The standard InChI is InChI=1S/C16H24N2O3/c1-21-16(20)10-9-15(19)8-7-13-11-12-18(17-13)14-5-3-2-4-6-14/h11-12,14H,2-10H2,1H3. The van der Waals surface area contributed by atoms with E-state index in [1.54, 1.807) is 0 Å². The number of ketones is 1. The molecule has 0 aliphatic heterocycles. The van der Waals surface area contributed by atoms with Crippen molar-refractivity contribution >= 4 is 11.8 Å². The summed E-state index contributed by atoms with van der Waals surface area (Å²) in [6.07, 6.45) is 9.87. The van der Waals surface area contributed by atoms with Crippen LogP contribution in [-0.4, -0.2) is 28.6 Å². The van der Waals surface area contributed by atoms with Gasteiger partial charge in [-0.15, -0.1) is 0 Å². The normalized spacial score (nSPS) is 15.9. The molecule has 0 N–H and O–H groups in total. The van der Waals surface area contributed by atoms with Gasteiger partial charge in [0, 0.05) is 19.0 Å². The van der Waals surface area contributed by atoms with Crippen molar-refractivity contribution in [2.24, 2.45) is 0 Å². The molecule has 0 amide bonds. The molecule has 21 heavy (non-hydrogen) atoms. The fourth-order valence-corrected chi connectivity index (χ4v) is 2.80. The number of esters is 1. The van der Waals surface area contributed by atoms with Gasteiger partial charge in [-0.1, -0.05) is 19.3 Å². The van der Waals surface area contributed by atoms with Crippen molar-refractivity contribution in [2.45, 2.75) is 63.8 Å². The van der Waals surface area contributed by atoms with Crippen LogP contribution in [0.2, 0.25) is 0 Å². The van der Waals surface area contributed by atoms with E-state index in [-0.39, 0.29) is 24.6 Å². The van der Waals surface area contributed by atoms with E-state index < -0.39 is 0 Å². The second-order valence-electron chi connectivity index (χ2n) is 5.69. The summed E-state index contributed by atoms with van der Waals surface area (Å²) >= 11 is 0. The molecule has 1 saturated carbocycles.